The summed E-state index contributed by atoms with van der Waals surface area (Å²) >= 11 is 0. The lowest BCUT2D eigenvalue weighted by molar-refractivity contribution is 0.267. The van der Waals surface area contributed by atoms with Crippen LogP contribution in [0.4, 0.5) is 0 Å². The van der Waals surface area contributed by atoms with Crippen molar-refractivity contribution in [3.05, 3.63) is 35.9 Å². The predicted octanol–water partition coefficient (Wildman–Crippen LogP) is 2.77. The molecule has 0 amide bonds. The first-order valence-corrected chi connectivity index (χ1v) is 9.83. The van der Waals surface area contributed by atoms with Crippen molar-refractivity contribution in [3.8, 4) is 0 Å². The summed E-state index contributed by atoms with van der Waals surface area (Å²) in [7, 11) is -2.86. The Kier molecular flexibility index (Phi) is 5.44. The van der Waals surface area contributed by atoms with E-state index in [4.69, 9.17) is 0 Å². The van der Waals surface area contributed by atoms with Crippen LogP contribution in [0.25, 0.3) is 0 Å². The zero-order valence-corrected chi connectivity index (χ0v) is 14.0. The third-order valence-corrected chi connectivity index (χ3v) is 6.63. The Balaban J connectivity index is 2.32. The number of hydrogen-bond acceptors (Lipinski definition) is 3. The molecule has 21 heavy (non-hydrogen) atoms. The van der Waals surface area contributed by atoms with Crippen LogP contribution in [0.3, 0.4) is 0 Å². The summed E-state index contributed by atoms with van der Waals surface area (Å²) in [6, 6.07) is 10.4. The van der Waals surface area contributed by atoms with Crippen molar-refractivity contribution in [2.45, 2.75) is 38.5 Å². The van der Waals surface area contributed by atoms with E-state index < -0.39 is 9.84 Å². The standard InChI is InChI=1S/C17H27NO2S/c1-3-11-18-14-17(4-2,15-8-6-5-7-9-15)16-10-12-21(19,20)13-16/h5-9,16,18H,3-4,10-14H2,1-2H3. The van der Waals surface area contributed by atoms with Gasteiger partial charge in [0, 0.05) is 12.0 Å². The van der Waals surface area contributed by atoms with E-state index in [1.807, 2.05) is 6.07 Å². The topological polar surface area (TPSA) is 46.2 Å². The molecule has 0 radical (unpaired) electrons. The summed E-state index contributed by atoms with van der Waals surface area (Å²) in [6.07, 6.45) is 2.85. The van der Waals surface area contributed by atoms with E-state index >= 15 is 0 Å². The molecular formula is C17H27NO2S. The summed E-state index contributed by atoms with van der Waals surface area (Å²) in [5, 5.41) is 3.53. The van der Waals surface area contributed by atoms with Crippen molar-refractivity contribution in [2.24, 2.45) is 5.92 Å². The van der Waals surface area contributed by atoms with Gasteiger partial charge in [-0.05, 0) is 37.3 Å². The molecule has 2 rings (SSSR count). The van der Waals surface area contributed by atoms with Crippen molar-refractivity contribution in [3.63, 3.8) is 0 Å². The molecule has 3 nitrogen and oxygen atoms in total. The van der Waals surface area contributed by atoms with Gasteiger partial charge in [0.15, 0.2) is 9.84 Å². The Bertz CT molecular complexity index is 541. The number of benzene rings is 1. The Labute approximate surface area is 129 Å². The van der Waals surface area contributed by atoms with Crippen LogP contribution in [-0.4, -0.2) is 33.0 Å². The lowest BCUT2D eigenvalue weighted by Crippen LogP contribution is -2.44. The molecule has 0 spiro atoms. The molecule has 1 aromatic carbocycles. The fourth-order valence-corrected chi connectivity index (χ4v) is 5.50. The Hall–Kier alpha value is -0.870. The zero-order valence-electron chi connectivity index (χ0n) is 13.1. The van der Waals surface area contributed by atoms with Gasteiger partial charge in [-0.2, -0.15) is 0 Å². The third-order valence-electron chi connectivity index (χ3n) is 4.86. The van der Waals surface area contributed by atoms with Gasteiger partial charge in [-0.1, -0.05) is 44.2 Å². The van der Waals surface area contributed by atoms with Crippen LogP contribution in [0.5, 0.6) is 0 Å². The van der Waals surface area contributed by atoms with Crippen LogP contribution in [0.1, 0.15) is 38.7 Å². The Morgan fingerprint density at radius 3 is 2.48 bits per heavy atom. The fraction of sp³-hybridized carbons (Fsp3) is 0.647. The summed E-state index contributed by atoms with van der Waals surface area (Å²) in [5.74, 6) is 0.906. The fourth-order valence-electron chi connectivity index (χ4n) is 3.59. The highest BCUT2D eigenvalue weighted by Crippen LogP contribution is 2.41. The predicted molar refractivity (Wildman–Crippen MR) is 88.3 cm³/mol. The quantitative estimate of drug-likeness (QED) is 0.788. The molecule has 1 N–H and O–H groups in total. The molecule has 118 valence electrons. The molecule has 1 aliphatic heterocycles. The van der Waals surface area contributed by atoms with Gasteiger partial charge >= 0.3 is 0 Å². The minimum atomic E-state index is -2.86. The summed E-state index contributed by atoms with van der Waals surface area (Å²) < 4.78 is 23.9. The van der Waals surface area contributed by atoms with E-state index in [0.717, 1.165) is 32.4 Å². The van der Waals surface area contributed by atoms with E-state index in [1.165, 1.54) is 5.56 Å². The normalized spacial score (nSPS) is 23.8. The summed E-state index contributed by atoms with van der Waals surface area (Å²) in [4.78, 5) is 0. The summed E-state index contributed by atoms with van der Waals surface area (Å²) in [5.41, 5.74) is 1.21. The first-order valence-electron chi connectivity index (χ1n) is 8.00. The molecule has 1 saturated heterocycles. The van der Waals surface area contributed by atoms with Gasteiger partial charge in [-0.15, -0.1) is 0 Å². The van der Waals surface area contributed by atoms with Crippen LogP contribution in [0.15, 0.2) is 30.3 Å². The molecule has 1 heterocycles. The lowest BCUT2D eigenvalue weighted by atomic mass is 9.68. The van der Waals surface area contributed by atoms with Gasteiger partial charge < -0.3 is 5.32 Å². The average molecular weight is 309 g/mol. The molecule has 1 aliphatic rings. The van der Waals surface area contributed by atoms with Crippen molar-refractivity contribution < 1.29 is 8.42 Å². The van der Waals surface area contributed by atoms with E-state index in [0.29, 0.717) is 11.5 Å². The van der Waals surface area contributed by atoms with Gasteiger partial charge in [0.2, 0.25) is 0 Å². The summed E-state index contributed by atoms with van der Waals surface area (Å²) in [6.45, 7) is 6.18. The number of sulfone groups is 1. The van der Waals surface area contributed by atoms with Gasteiger partial charge in [-0.25, -0.2) is 8.42 Å². The van der Waals surface area contributed by atoms with Crippen molar-refractivity contribution in [1.82, 2.24) is 5.32 Å². The Morgan fingerprint density at radius 1 is 1.24 bits per heavy atom. The second-order valence-electron chi connectivity index (χ2n) is 6.15. The monoisotopic (exact) mass is 309 g/mol. The maximum absolute atomic E-state index is 11.9. The Morgan fingerprint density at radius 2 is 1.95 bits per heavy atom. The van der Waals surface area contributed by atoms with E-state index in [-0.39, 0.29) is 11.3 Å². The highest BCUT2D eigenvalue weighted by Gasteiger charge is 2.44. The maximum atomic E-state index is 11.9. The molecule has 1 fully saturated rings. The second-order valence-corrected chi connectivity index (χ2v) is 8.38. The molecule has 0 aromatic heterocycles. The van der Waals surface area contributed by atoms with Crippen LogP contribution < -0.4 is 5.32 Å². The van der Waals surface area contributed by atoms with Gasteiger partial charge in [0.25, 0.3) is 0 Å². The van der Waals surface area contributed by atoms with Crippen molar-refractivity contribution >= 4 is 9.84 Å². The molecule has 4 heteroatoms. The zero-order chi connectivity index (χ0) is 15.3. The van der Waals surface area contributed by atoms with Crippen LogP contribution in [0, 0.1) is 5.92 Å². The van der Waals surface area contributed by atoms with E-state index in [1.54, 1.807) is 0 Å². The minimum Gasteiger partial charge on any atom is -0.316 e. The highest BCUT2D eigenvalue weighted by atomic mass is 32.2. The van der Waals surface area contributed by atoms with Gasteiger partial charge in [-0.3, -0.25) is 0 Å². The second kappa shape index (κ2) is 6.93. The SMILES string of the molecule is CCCNCC(CC)(c1ccccc1)C1CCS(=O)(=O)C1. The lowest BCUT2D eigenvalue weighted by Gasteiger charge is -2.39. The van der Waals surface area contributed by atoms with E-state index in [9.17, 15) is 8.42 Å². The molecular weight excluding hydrogens is 282 g/mol. The highest BCUT2D eigenvalue weighted by molar-refractivity contribution is 7.91. The molecule has 0 saturated carbocycles. The molecule has 1 aromatic rings. The smallest absolute Gasteiger partial charge is 0.150 e. The average Bonchev–Trinajstić information content (AvgIpc) is 2.85. The van der Waals surface area contributed by atoms with Crippen LogP contribution in [-0.2, 0) is 15.3 Å². The molecule has 0 bridgehead atoms. The van der Waals surface area contributed by atoms with Crippen LogP contribution >= 0.6 is 0 Å². The number of nitrogens with one attached hydrogen (secondary N) is 1. The third kappa shape index (κ3) is 3.67. The first kappa shape index (κ1) is 16.5. The van der Waals surface area contributed by atoms with Crippen LogP contribution in [0.2, 0.25) is 0 Å². The van der Waals surface area contributed by atoms with E-state index in [2.05, 4.69) is 43.4 Å². The van der Waals surface area contributed by atoms with Crippen molar-refractivity contribution in [2.75, 3.05) is 24.6 Å². The maximum Gasteiger partial charge on any atom is 0.150 e. The largest absolute Gasteiger partial charge is 0.316 e. The van der Waals surface area contributed by atoms with Crippen molar-refractivity contribution in [1.29, 1.82) is 0 Å². The minimum absolute atomic E-state index is 0.0694. The van der Waals surface area contributed by atoms with Gasteiger partial charge in [0.1, 0.15) is 0 Å². The van der Waals surface area contributed by atoms with Gasteiger partial charge in [0.05, 0.1) is 11.5 Å². The molecule has 2 unspecified atom stereocenters. The molecule has 0 aliphatic carbocycles. The first-order chi connectivity index (χ1) is 10.0. The molecule has 2 atom stereocenters. The number of rotatable bonds is 7. The number of hydrogen-bond donors (Lipinski definition) is 1.